The third-order valence-electron chi connectivity index (χ3n) is 3.79. The number of carbonyl (C=O) groups excluding carboxylic acids is 2. The van der Waals surface area contributed by atoms with Crippen LogP contribution in [0.2, 0.25) is 0 Å². The highest BCUT2D eigenvalue weighted by Crippen LogP contribution is 2.13. The summed E-state index contributed by atoms with van der Waals surface area (Å²) in [5, 5.41) is 2.93. The summed E-state index contributed by atoms with van der Waals surface area (Å²) in [5.41, 5.74) is 6.08. The number of benzene rings is 1. The molecule has 0 aliphatic carbocycles. The monoisotopic (exact) mass is 343 g/mol. The van der Waals surface area contributed by atoms with Gasteiger partial charge in [0.1, 0.15) is 5.82 Å². The molecule has 23 heavy (non-hydrogen) atoms. The fourth-order valence-electron chi connectivity index (χ4n) is 2.55. The van der Waals surface area contributed by atoms with Crippen molar-refractivity contribution in [3.05, 3.63) is 35.6 Å². The van der Waals surface area contributed by atoms with E-state index in [1.54, 1.807) is 4.90 Å². The van der Waals surface area contributed by atoms with Crippen LogP contribution in [0.25, 0.3) is 0 Å². The van der Waals surface area contributed by atoms with Crippen molar-refractivity contribution in [1.29, 1.82) is 0 Å². The number of nitrogens with one attached hydrogen (secondary N) is 1. The van der Waals surface area contributed by atoms with Gasteiger partial charge in [0.2, 0.25) is 5.91 Å². The van der Waals surface area contributed by atoms with Crippen LogP contribution in [0.15, 0.2) is 24.3 Å². The van der Waals surface area contributed by atoms with Crippen LogP contribution in [0, 0.1) is 5.82 Å². The minimum absolute atomic E-state index is 0. The summed E-state index contributed by atoms with van der Waals surface area (Å²) >= 11 is 0. The van der Waals surface area contributed by atoms with Crippen LogP contribution in [0.5, 0.6) is 0 Å². The molecular weight excluding hydrogens is 321 g/mol. The van der Waals surface area contributed by atoms with Crippen molar-refractivity contribution in [3.63, 3.8) is 0 Å². The van der Waals surface area contributed by atoms with Gasteiger partial charge >= 0.3 is 0 Å². The zero-order valence-corrected chi connectivity index (χ0v) is 13.9. The van der Waals surface area contributed by atoms with E-state index in [9.17, 15) is 14.0 Å². The van der Waals surface area contributed by atoms with Crippen LogP contribution < -0.4 is 11.1 Å². The summed E-state index contributed by atoms with van der Waals surface area (Å²) in [4.78, 5) is 25.8. The van der Waals surface area contributed by atoms with Crippen LogP contribution in [-0.4, -0.2) is 41.9 Å². The molecule has 5 nitrogen and oxygen atoms in total. The number of carbonyl (C=O) groups is 2. The number of nitrogens with zero attached hydrogens (tertiary/aromatic N) is 1. The lowest BCUT2D eigenvalue weighted by atomic mass is 10.0. The van der Waals surface area contributed by atoms with E-state index < -0.39 is 0 Å². The van der Waals surface area contributed by atoms with Crippen molar-refractivity contribution >= 4 is 24.2 Å². The molecule has 2 amide bonds. The van der Waals surface area contributed by atoms with E-state index in [0.717, 1.165) is 12.8 Å². The van der Waals surface area contributed by atoms with Crippen molar-refractivity contribution in [1.82, 2.24) is 10.2 Å². The zero-order chi connectivity index (χ0) is 16.1. The van der Waals surface area contributed by atoms with Gasteiger partial charge in [0, 0.05) is 37.2 Å². The maximum absolute atomic E-state index is 12.8. The van der Waals surface area contributed by atoms with E-state index in [2.05, 4.69) is 5.32 Å². The summed E-state index contributed by atoms with van der Waals surface area (Å²) < 4.78 is 12.8. The number of hydrogen-bond acceptors (Lipinski definition) is 3. The molecule has 1 aromatic carbocycles. The van der Waals surface area contributed by atoms with E-state index in [-0.39, 0.29) is 42.1 Å². The van der Waals surface area contributed by atoms with Gasteiger partial charge in [-0.05, 0) is 44.0 Å². The van der Waals surface area contributed by atoms with Gasteiger partial charge in [-0.15, -0.1) is 12.4 Å². The molecule has 1 heterocycles. The van der Waals surface area contributed by atoms with E-state index >= 15 is 0 Å². The van der Waals surface area contributed by atoms with Gasteiger partial charge in [-0.25, -0.2) is 4.39 Å². The molecule has 1 aliphatic heterocycles. The Morgan fingerprint density at radius 2 is 1.87 bits per heavy atom. The highest BCUT2D eigenvalue weighted by atomic mass is 35.5. The predicted molar refractivity (Wildman–Crippen MR) is 89.0 cm³/mol. The lowest BCUT2D eigenvalue weighted by Gasteiger charge is -2.32. The number of nitrogens with two attached hydrogens (primary N) is 1. The highest BCUT2D eigenvalue weighted by molar-refractivity contribution is 5.94. The quantitative estimate of drug-likeness (QED) is 0.873. The average molecular weight is 344 g/mol. The molecular formula is C16H23ClFN3O2. The van der Waals surface area contributed by atoms with Crippen LogP contribution in [0.3, 0.4) is 0 Å². The molecule has 3 N–H and O–H groups in total. The first-order valence-electron chi connectivity index (χ1n) is 7.55. The van der Waals surface area contributed by atoms with Crippen molar-refractivity contribution < 1.29 is 14.0 Å². The van der Waals surface area contributed by atoms with Crippen LogP contribution in [0.1, 0.15) is 36.5 Å². The van der Waals surface area contributed by atoms with Gasteiger partial charge in [0.25, 0.3) is 5.91 Å². The lowest BCUT2D eigenvalue weighted by molar-refractivity contribution is -0.132. The normalized spacial score (nSPS) is 16.4. The minimum atomic E-state index is -0.363. The highest BCUT2D eigenvalue weighted by Gasteiger charge is 2.24. The van der Waals surface area contributed by atoms with Crippen molar-refractivity contribution in [2.45, 2.75) is 38.3 Å². The average Bonchev–Trinajstić information content (AvgIpc) is 2.48. The standard InChI is InChI=1S/C16H22FN3O2.ClH/c1-11(18)10-15(21)20-8-6-14(7-9-20)19-16(22)12-2-4-13(17)5-3-12;/h2-5,11,14H,6-10,18H2,1H3,(H,19,22);1H. The molecule has 0 radical (unpaired) electrons. The van der Waals surface area contributed by atoms with Crippen LogP contribution in [0.4, 0.5) is 4.39 Å². The molecule has 0 bridgehead atoms. The Hall–Kier alpha value is -1.66. The molecule has 1 aliphatic rings. The molecule has 128 valence electrons. The van der Waals surface area contributed by atoms with Gasteiger partial charge in [-0.1, -0.05) is 0 Å². The minimum Gasteiger partial charge on any atom is -0.349 e. The van der Waals surface area contributed by atoms with Crippen molar-refractivity contribution in [2.75, 3.05) is 13.1 Å². The van der Waals surface area contributed by atoms with E-state index in [4.69, 9.17) is 5.73 Å². The third kappa shape index (κ3) is 5.80. The zero-order valence-electron chi connectivity index (χ0n) is 13.1. The summed E-state index contributed by atoms with van der Waals surface area (Å²) in [6, 6.07) is 5.37. The number of hydrogen-bond donors (Lipinski definition) is 2. The van der Waals surface area contributed by atoms with Gasteiger partial charge in [-0.3, -0.25) is 9.59 Å². The van der Waals surface area contributed by atoms with E-state index in [1.807, 2.05) is 6.92 Å². The largest absolute Gasteiger partial charge is 0.349 e. The topological polar surface area (TPSA) is 75.4 Å². The summed E-state index contributed by atoms with van der Waals surface area (Å²) in [7, 11) is 0. The Labute approximate surface area is 141 Å². The molecule has 0 saturated carbocycles. The molecule has 1 aromatic rings. The second kappa shape index (κ2) is 8.84. The SMILES string of the molecule is CC(N)CC(=O)N1CCC(NC(=O)c2ccc(F)cc2)CC1.Cl. The second-order valence-electron chi connectivity index (χ2n) is 5.82. The first-order valence-corrected chi connectivity index (χ1v) is 7.55. The number of amides is 2. The second-order valence-corrected chi connectivity index (χ2v) is 5.82. The smallest absolute Gasteiger partial charge is 0.251 e. The van der Waals surface area contributed by atoms with Gasteiger partial charge in [-0.2, -0.15) is 0 Å². The van der Waals surface area contributed by atoms with Crippen molar-refractivity contribution in [3.8, 4) is 0 Å². The molecule has 0 spiro atoms. The van der Waals surface area contributed by atoms with Crippen LogP contribution >= 0.6 is 12.4 Å². The summed E-state index contributed by atoms with van der Waals surface area (Å²) in [6.45, 7) is 3.06. The molecule has 7 heteroatoms. The molecule has 2 rings (SSSR count). The maximum Gasteiger partial charge on any atom is 0.251 e. The number of halogens is 2. The summed E-state index contributed by atoms with van der Waals surface area (Å²) in [6.07, 6.45) is 1.79. The fourth-order valence-corrected chi connectivity index (χ4v) is 2.55. The number of piperidine rings is 1. The molecule has 1 unspecified atom stereocenters. The predicted octanol–water partition coefficient (Wildman–Crippen LogP) is 1.71. The molecule has 1 saturated heterocycles. The van der Waals surface area contributed by atoms with Gasteiger partial charge in [0.15, 0.2) is 0 Å². The molecule has 0 aromatic heterocycles. The van der Waals surface area contributed by atoms with Crippen molar-refractivity contribution in [2.24, 2.45) is 5.73 Å². The van der Waals surface area contributed by atoms with E-state index in [1.165, 1.54) is 24.3 Å². The Morgan fingerprint density at radius 3 is 2.39 bits per heavy atom. The first-order chi connectivity index (χ1) is 10.5. The van der Waals surface area contributed by atoms with Crippen LogP contribution in [-0.2, 0) is 4.79 Å². The number of likely N-dealkylation sites (tertiary alicyclic amines) is 1. The Bertz CT molecular complexity index is 529. The summed E-state index contributed by atoms with van der Waals surface area (Å²) in [5.74, 6) is -0.504. The first kappa shape index (κ1) is 19.4. The Balaban J connectivity index is 0.00000264. The number of rotatable bonds is 4. The Morgan fingerprint density at radius 1 is 1.30 bits per heavy atom. The Kier molecular flexibility index (Phi) is 7.45. The molecule has 1 atom stereocenters. The maximum atomic E-state index is 12.8. The fraction of sp³-hybridized carbons (Fsp3) is 0.500. The van der Waals surface area contributed by atoms with Gasteiger partial charge in [0.05, 0.1) is 0 Å². The third-order valence-corrected chi connectivity index (χ3v) is 3.79. The lowest BCUT2D eigenvalue weighted by Crippen LogP contribution is -2.47. The molecule has 1 fully saturated rings. The van der Waals surface area contributed by atoms with E-state index in [0.29, 0.717) is 25.1 Å². The van der Waals surface area contributed by atoms with Gasteiger partial charge < -0.3 is 16.0 Å².